The van der Waals surface area contributed by atoms with E-state index in [4.69, 9.17) is 31.5 Å². The third kappa shape index (κ3) is 8.50. The van der Waals surface area contributed by atoms with Gasteiger partial charge in [-0.2, -0.15) is 11.8 Å². The van der Waals surface area contributed by atoms with Crippen molar-refractivity contribution in [1.82, 2.24) is 0 Å². The molecule has 0 aromatic carbocycles. The fourth-order valence-corrected chi connectivity index (χ4v) is 2.02. The third-order valence-electron chi connectivity index (χ3n) is 2.88. The van der Waals surface area contributed by atoms with E-state index in [9.17, 15) is 10.2 Å². The zero-order valence-electron chi connectivity index (χ0n) is 11.9. The van der Waals surface area contributed by atoms with E-state index in [-0.39, 0.29) is 25.1 Å². The molecule has 0 aliphatic carbocycles. The molecule has 0 spiro atoms. The molecule has 0 amide bonds. The van der Waals surface area contributed by atoms with Gasteiger partial charge in [-0.1, -0.05) is 0 Å². The molecule has 0 saturated carbocycles. The summed E-state index contributed by atoms with van der Waals surface area (Å²) in [6.07, 6.45) is -1.91. The van der Waals surface area contributed by atoms with Gasteiger partial charge in [-0.25, -0.2) is 0 Å². The second-order valence-corrected chi connectivity index (χ2v) is 5.52. The van der Waals surface area contributed by atoms with Crippen LogP contribution in [0.3, 0.4) is 0 Å². The van der Waals surface area contributed by atoms with Gasteiger partial charge in [0.1, 0.15) is 18.3 Å². The lowest BCUT2D eigenvalue weighted by Crippen LogP contribution is -2.61. The minimum atomic E-state index is -1.35. The van der Waals surface area contributed by atoms with Gasteiger partial charge in [0.2, 0.25) is 0 Å². The highest BCUT2D eigenvalue weighted by Crippen LogP contribution is 2.17. The maximum absolute atomic E-state index is 9.20. The van der Waals surface area contributed by atoms with Gasteiger partial charge < -0.3 is 41.7 Å². The summed E-state index contributed by atoms with van der Waals surface area (Å²) >= 11 is 1.75. The summed E-state index contributed by atoms with van der Waals surface area (Å²) < 4.78 is 4.70. The van der Waals surface area contributed by atoms with Gasteiger partial charge >= 0.3 is 0 Å². The number of ether oxygens (including phenoxy) is 1. The lowest BCUT2D eigenvalue weighted by molar-refractivity contribution is -0.248. The van der Waals surface area contributed by atoms with Crippen LogP contribution in [0.2, 0.25) is 0 Å². The number of thioether (sulfide) groups is 1. The molecule has 1 saturated heterocycles. The van der Waals surface area contributed by atoms with Gasteiger partial charge in [-0.05, 0) is 18.4 Å². The number of hydrogen-bond acceptors (Lipinski definition) is 9. The van der Waals surface area contributed by atoms with Crippen molar-refractivity contribution in [2.45, 2.75) is 43.1 Å². The molecule has 1 fully saturated rings. The Balaban J connectivity index is 0. The molecule has 0 aromatic rings. The molecule has 21 heavy (non-hydrogen) atoms. The Bertz CT molecular complexity index is 252. The van der Waals surface area contributed by atoms with E-state index in [1.165, 1.54) is 0 Å². The Morgan fingerprint density at radius 1 is 1.19 bits per heavy atom. The fraction of sp³-hybridized carbons (Fsp3) is 1.00. The largest absolute Gasteiger partial charge is 0.395 e. The maximum atomic E-state index is 9.20. The zero-order chi connectivity index (χ0) is 15.7. The predicted molar refractivity (Wildman–Crippen MR) is 83.3 cm³/mol. The first-order valence-corrected chi connectivity index (χ1v) is 7.69. The molecule has 0 radical (unpaired) electrons. The molecule has 130 valence electrons. The van der Waals surface area contributed by atoms with Gasteiger partial charge in [0.05, 0.1) is 19.3 Å². The number of nitrogens with two attached hydrogens (primary N) is 2. The van der Waals surface area contributed by atoms with E-state index in [0.717, 1.165) is 12.2 Å². The quantitative estimate of drug-likeness (QED) is 0.278. The highest BCUT2D eigenvalue weighted by atomic mass is 35.5. The molecule has 9 N–H and O–H groups in total. The SMILES string of the molecule is CSCCC(N)CO.Cl.N[C@@H]1[C@@H](O)[C@H](O)[C@@H](CO)O[C@@H]1O. The van der Waals surface area contributed by atoms with Crippen LogP contribution < -0.4 is 11.5 Å². The highest BCUT2D eigenvalue weighted by molar-refractivity contribution is 7.98. The van der Waals surface area contributed by atoms with Crippen LogP contribution in [0.25, 0.3) is 0 Å². The minimum Gasteiger partial charge on any atom is -0.395 e. The van der Waals surface area contributed by atoms with Crippen LogP contribution in [0, 0.1) is 0 Å². The summed E-state index contributed by atoms with van der Waals surface area (Å²) in [4.78, 5) is 0. The van der Waals surface area contributed by atoms with Crippen LogP contribution in [0.15, 0.2) is 0 Å². The molecule has 1 aliphatic heterocycles. The molecule has 0 aromatic heterocycles. The van der Waals surface area contributed by atoms with Crippen molar-refractivity contribution >= 4 is 24.2 Å². The van der Waals surface area contributed by atoms with Crippen molar-refractivity contribution in [2.24, 2.45) is 11.5 Å². The maximum Gasteiger partial charge on any atom is 0.173 e. The molecule has 1 heterocycles. The Labute approximate surface area is 134 Å². The number of aliphatic hydroxyl groups excluding tert-OH is 5. The van der Waals surface area contributed by atoms with Crippen LogP contribution >= 0.6 is 24.2 Å². The van der Waals surface area contributed by atoms with E-state index in [2.05, 4.69) is 0 Å². The lowest BCUT2D eigenvalue weighted by Gasteiger charge is -2.38. The molecule has 1 rings (SSSR count). The molecule has 1 unspecified atom stereocenters. The summed E-state index contributed by atoms with van der Waals surface area (Å²) in [5, 5.41) is 44.5. The average Bonchev–Trinajstić information content (AvgIpc) is 2.46. The van der Waals surface area contributed by atoms with Crippen LogP contribution in [-0.2, 0) is 4.74 Å². The van der Waals surface area contributed by atoms with E-state index >= 15 is 0 Å². The van der Waals surface area contributed by atoms with Crippen molar-refractivity contribution < 1.29 is 30.3 Å². The lowest BCUT2D eigenvalue weighted by atomic mass is 9.98. The van der Waals surface area contributed by atoms with Crippen LogP contribution in [0.5, 0.6) is 0 Å². The third-order valence-corrected chi connectivity index (χ3v) is 3.52. The Kier molecular flexibility index (Phi) is 14.4. The van der Waals surface area contributed by atoms with Crippen LogP contribution in [-0.4, -0.2) is 87.4 Å². The van der Waals surface area contributed by atoms with Crippen molar-refractivity contribution in [2.75, 3.05) is 25.2 Å². The van der Waals surface area contributed by atoms with Gasteiger partial charge in [0.25, 0.3) is 0 Å². The van der Waals surface area contributed by atoms with Gasteiger partial charge in [0.15, 0.2) is 6.29 Å². The second-order valence-electron chi connectivity index (χ2n) is 4.53. The van der Waals surface area contributed by atoms with Crippen molar-refractivity contribution in [1.29, 1.82) is 0 Å². The number of halogens is 1. The summed E-state index contributed by atoms with van der Waals surface area (Å²) in [7, 11) is 0. The smallest absolute Gasteiger partial charge is 0.173 e. The van der Waals surface area contributed by atoms with Crippen molar-refractivity contribution in [3.8, 4) is 0 Å². The molecular weight excluding hydrogens is 324 g/mol. The normalized spacial score (nSPS) is 33.4. The molecule has 8 nitrogen and oxygen atoms in total. The first-order valence-electron chi connectivity index (χ1n) is 6.30. The molecular formula is C11H27ClN2O6S. The Morgan fingerprint density at radius 3 is 2.19 bits per heavy atom. The van der Waals surface area contributed by atoms with Crippen LogP contribution in [0.1, 0.15) is 6.42 Å². The molecule has 10 heteroatoms. The highest BCUT2D eigenvalue weighted by Gasteiger charge is 2.41. The van der Waals surface area contributed by atoms with Crippen molar-refractivity contribution in [3.63, 3.8) is 0 Å². The van der Waals surface area contributed by atoms with E-state index in [1.807, 2.05) is 6.26 Å². The predicted octanol–water partition coefficient (Wildman–Crippen LogP) is -2.77. The summed E-state index contributed by atoms with van der Waals surface area (Å²) in [6.45, 7) is -0.359. The monoisotopic (exact) mass is 350 g/mol. The Hall–Kier alpha value is 0.320. The van der Waals surface area contributed by atoms with E-state index in [1.54, 1.807) is 11.8 Å². The van der Waals surface area contributed by atoms with Crippen LogP contribution in [0.4, 0.5) is 0 Å². The Morgan fingerprint density at radius 2 is 1.76 bits per heavy atom. The first-order chi connectivity index (χ1) is 9.38. The average molecular weight is 351 g/mol. The molecule has 1 aliphatic rings. The summed E-state index contributed by atoms with van der Waals surface area (Å²) in [6, 6.07) is -1.05. The van der Waals surface area contributed by atoms with Crippen molar-refractivity contribution in [3.05, 3.63) is 0 Å². The molecule has 0 bridgehead atoms. The van der Waals surface area contributed by atoms with E-state index < -0.39 is 37.3 Å². The standard InChI is InChI=1S/C6H13NO5.C5H13NOS.ClH/c7-3-5(10)4(9)2(1-8)12-6(3)11;1-8-3-2-5(6)4-7;/h2-6,8-11H,1,7H2;5,7H,2-4,6H2,1H3;1H/t2-,3-,4-,5-,6+;;/m1../s1. The zero-order valence-corrected chi connectivity index (χ0v) is 13.5. The number of hydrogen-bond donors (Lipinski definition) is 7. The van der Waals surface area contributed by atoms with Gasteiger partial charge in [-0.3, -0.25) is 0 Å². The summed E-state index contributed by atoms with van der Waals surface area (Å²) in [5.74, 6) is 1.04. The first kappa shape index (κ1) is 23.6. The van der Waals surface area contributed by atoms with Gasteiger partial charge in [-0.15, -0.1) is 12.4 Å². The second kappa shape index (κ2) is 12.8. The summed E-state index contributed by atoms with van der Waals surface area (Å²) in [5.41, 5.74) is 10.7. The number of rotatable bonds is 5. The topological polar surface area (TPSA) is 162 Å². The molecule has 6 atom stereocenters. The fourth-order valence-electron chi connectivity index (χ4n) is 1.48. The minimum absolute atomic E-state index is 0. The van der Waals surface area contributed by atoms with Gasteiger partial charge in [0, 0.05) is 6.04 Å². The number of aliphatic hydroxyl groups is 5. The van der Waals surface area contributed by atoms with E-state index in [0.29, 0.717) is 0 Å².